The third-order valence-corrected chi connectivity index (χ3v) is 3.97. The Morgan fingerprint density at radius 3 is 2.54 bits per heavy atom. The van der Waals surface area contributed by atoms with E-state index in [9.17, 15) is 9.18 Å². The molecule has 2 aromatic heterocycles. The molecule has 0 unspecified atom stereocenters. The molecule has 0 saturated carbocycles. The van der Waals surface area contributed by atoms with Crippen molar-refractivity contribution >= 4 is 22.8 Å². The van der Waals surface area contributed by atoms with Crippen molar-refractivity contribution in [2.45, 2.75) is 0 Å². The zero-order chi connectivity index (χ0) is 18.1. The molecule has 0 atom stereocenters. The predicted octanol–water partition coefficient (Wildman–Crippen LogP) is 3.42. The highest BCUT2D eigenvalue weighted by Crippen LogP contribution is 2.26. The first-order chi connectivity index (χ1) is 12.6. The molecule has 0 aliphatic rings. The van der Waals surface area contributed by atoms with Crippen LogP contribution >= 0.6 is 0 Å². The normalized spacial score (nSPS) is 10.8. The smallest absolute Gasteiger partial charge is 0.277 e. The second kappa shape index (κ2) is 6.36. The molecule has 2 heterocycles. The van der Waals surface area contributed by atoms with Crippen LogP contribution in [0.1, 0.15) is 10.5 Å². The topological polar surface area (TPSA) is 72.7 Å². The Kier molecular flexibility index (Phi) is 3.89. The van der Waals surface area contributed by atoms with Crippen LogP contribution in [0.3, 0.4) is 0 Å². The fourth-order valence-electron chi connectivity index (χ4n) is 2.63. The number of para-hydroxylation sites is 2. The van der Waals surface area contributed by atoms with Gasteiger partial charge in [0.15, 0.2) is 0 Å². The second-order valence-corrected chi connectivity index (χ2v) is 5.76. The van der Waals surface area contributed by atoms with Gasteiger partial charge < -0.3 is 9.88 Å². The Labute approximate surface area is 148 Å². The van der Waals surface area contributed by atoms with E-state index < -0.39 is 5.91 Å². The summed E-state index contributed by atoms with van der Waals surface area (Å²) in [6, 6.07) is 13.3. The van der Waals surface area contributed by atoms with Crippen LogP contribution in [0, 0.1) is 5.82 Å². The minimum atomic E-state index is -0.393. The SMILES string of the molecule is Cn1cnc(-c2ccc(F)cc2)c1NC(=O)c1cnc2ccccc2n1. The molecule has 0 aliphatic carbocycles. The van der Waals surface area contributed by atoms with Gasteiger partial charge in [-0.15, -0.1) is 0 Å². The number of hydrogen-bond donors (Lipinski definition) is 1. The van der Waals surface area contributed by atoms with Crippen LogP contribution in [-0.2, 0) is 7.05 Å². The number of carbonyl (C=O) groups excluding carboxylic acids is 1. The quantitative estimate of drug-likeness (QED) is 0.616. The van der Waals surface area contributed by atoms with E-state index >= 15 is 0 Å². The van der Waals surface area contributed by atoms with E-state index in [4.69, 9.17) is 0 Å². The van der Waals surface area contributed by atoms with Gasteiger partial charge in [-0.3, -0.25) is 9.78 Å². The molecule has 6 nitrogen and oxygen atoms in total. The van der Waals surface area contributed by atoms with E-state index in [1.165, 1.54) is 18.3 Å². The lowest BCUT2D eigenvalue weighted by molar-refractivity contribution is 0.102. The number of rotatable bonds is 3. The number of aryl methyl sites for hydroxylation is 1. The van der Waals surface area contributed by atoms with Gasteiger partial charge in [-0.1, -0.05) is 12.1 Å². The molecule has 4 aromatic rings. The van der Waals surface area contributed by atoms with Crippen LogP contribution in [0.2, 0.25) is 0 Å². The van der Waals surface area contributed by atoms with Gasteiger partial charge in [0, 0.05) is 12.6 Å². The van der Waals surface area contributed by atoms with Crippen molar-refractivity contribution < 1.29 is 9.18 Å². The van der Waals surface area contributed by atoms with Gasteiger partial charge in [-0.05, 0) is 36.4 Å². The van der Waals surface area contributed by atoms with Crippen LogP contribution < -0.4 is 5.32 Å². The number of carbonyl (C=O) groups is 1. The lowest BCUT2D eigenvalue weighted by atomic mass is 10.1. The molecular weight excluding hydrogens is 333 g/mol. The number of anilines is 1. The molecule has 0 radical (unpaired) electrons. The number of benzene rings is 2. The van der Waals surface area contributed by atoms with Crippen molar-refractivity contribution in [3.63, 3.8) is 0 Å². The summed E-state index contributed by atoms with van der Waals surface area (Å²) in [5.74, 6) is -0.228. The van der Waals surface area contributed by atoms with E-state index in [1.807, 2.05) is 18.2 Å². The molecule has 0 fully saturated rings. The zero-order valence-corrected chi connectivity index (χ0v) is 13.8. The van der Waals surface area contributed by atoms with Gasteiger partial charge in [0.2, 0.25) is 0 Å². The number of nitrogens with zero attached hydrogens (tertiary/aromatic N) is 4. The second-order valence-electron chi connectivity index (χ2n) is 5.76. The van der Waals surface area contributed by atoms with E-state index in [1.54, 1.807) is 36.1 Å². The average Bonchev–Trinajstić information content (AvgIpc) is 3.02. The molecule has 1 N–H and O–H groups in total. The highest BCUT2D eigenvalue weighted by atomic mass is 19.1. The van der Waals surface area contributed by atoms with E-state index in [-0.39, 0.29) is 11.5 Å². The van der Waals surface area contributed by atoms with E-state index in [2.05, 4.69) is 20.3 Å². The highest BCUT2D eigenvalue weighted by Gasteiger charge is 2.16. The molecule has 1 amide bonds. The van der Waals surface area contributed by atoms with Gasteiger partial charge in [0.05, 0.1) is 23.6 Å². The molecule has 0 bridgehead atoms. The van der Waals surface area contributed by atoms with E-state index in [0.717, 1.165) is 5.52 Å². The van der Waals surface area contributed by atoms with Gasteiger partial charge >= 0.3 is 0 Å². The maximum atomic E-state index is 13.2. The summed E-state index contributed by atoms with van der Waals surface area (Å²) in [6.07, 6.45) is 3.02. The summed E-state index contributed by atoms with van der Waals surface area (Å²) in [4.78, 5) is 25.5. The monoisotopic (exact) mass is 347 g/mol. The fraction of sp³-hybridized carbons (Fsp3) is 0.0526. The number of amides is 1. The van der Waals surface area contributed by atoms with Gasteiger partial charge in [0.1, 0.15) is 23.0 Å². The highest BCUT2D eigenvalue weighted by molar-refractivity contribution is 6.04. The molecule has 4 rings (SSSR count). The standard InChI is InChI=1S/C19H14FN5O/c1-25-11-22-17(12-6-8-13(20)9-7-12)18(25)24-19(26)16-10-21-14-4-2-3-5-15(14)23-16/h2-11H,1H3,(H,24,26). The predicted molar refractivity (Wildman–Crippen MR) is 96.1 cm³/mol. The third-order valence-electron chi connectivity index (χ3n) is 3.97. The number of aromatic nitrogens is 4. The summed E-state index contributed by atoms with van der Waals surface area (Å²) in [5.41, 5.74) is 2.82. The summed E-state index contributed by atoms with van der Waals surface area (Å²) in [6.45, 7) is 0. The fourth-order valence-corrected chi connectivity index (χ4v) is 2.63. The summed E-state index contributed by atoms with van der Waals surface area (Å²) < 4.78 is 14.8. The molecular formula is C19H14FN5O. The van der Waals surface area contributed by atoms with Gasteiger partial charge in [-0.2, -0.15) is 0 Å². The minimum Gasteiger partial charge on any atom is -0.320 e. The molecule has 0 spiro atoms. The van der Waals surface area contributed by atoms with Crippen LogP contribution in [0.4, 0.5) is 10.2 Å². The number of hydrogen-bond acceptors (Lipinski definition) is 4. The van der Waals surface area contributed by atoms with Crippen molar-refractivity contribution in [2.24, 2.45) is 7.05 Å². The lowest BCUT2D eigenvalue weighted by Crippen LogP contribution is -2.16. The number of imidazole rings is 1. The maximum absolute atomic E-state index is 13.2. The van der Waals surface area contributed by atoms with Crippen molar-refractivity contribution in [1.29, 1.82) is 0 Å². The Bertz CT molecular complexity index is 1100. The van der Waals surface area contributed by atoms with Crippen LogP contribution in [-0.4, -0.2) is 25.4 Å². The summed E-state index contributed by atoms with van der Waals surface area (Å²) in [5, 5.41) is 2.82. The number of nitrogens with one attached hydrogen (secondary N) is 1. The zero-order valence-electron chi connectivity index (χ0n) is 13.8. The Morgan fingerprint density at radius 1 is 1.04 bits per heavy atom. The average molecular weight is 347 g/mol. The maximum Gasteiger partial charge on any atom is 0.277 e. The minimum absolute atomic E-state index is 0.204. The lowest BCUT2D eigenvalue weighted by Gasteiger charge is -2.08. The van der Waals surface area contributed by atoms with Crippen molar-refractivity contribution in [3.8, 4) is 11.3 Å². The molecule has 0 aliphatic heterocycles. The summed E-state index contributed by atoms with van der Waals surface area (Å²) >= 11 is 0. The first-order valence-electron chi connectivity index (χ1n) is 7.92. The molecule has 0 saturated heterocycles. The molecule has 7 heteroatoms. The van der Waals surface area contributed by atoms with Crippen molar-refractivity contribution in [1.82, 2.24) is 19.5 Å². The van der Waals surface area contributed by atoms with Crippen LogP contribution in [0.5, 0.6) is 0 Å². The van der Waals surface area contributed by atoms with Crippen molar-refractivity contribution in [2.75, 3.05) is 5.32 Å². The van der Waals surface area contributed by atoms with Gasteiger partial charge in [0.25, 0.3) is 5.91 Å². The number of halogens is 1. The molecule has 2 aromatic carbocycles. The van der Waals surface area contributed by atoms with Crippen LogP contribution in [0.25, 0.3) is 22.3 Å². The van der Waals surface area contributed by atoms with Crippen molar-refractivity contribution in [3.05, 3.63) is 72.6 Å². The number of fused-ring (bicyclic) bond motifs is 1. The van der Waals surface area contributed by atoms with E-state index in [0.29, 0.717) is 22.6 Å². The Hall–Kier alpha value is -3.61. The Morgan fingerprint density at radius 2 is 1.77 bits per heavy atom. The third kappa shape index (κ3) is 2.90. The van der Waals surface area contributed by atoms with Gasteiger partial charge in [-0.25, -0.2) is 14.4 Å². The first kappa shape index (κ1) is 15.9. The molecule has 128 valence electrons. The summed E-state index contributed by atoms with van der Waals surface area (Å²) in [7, 11) is 1.77. The first-order valence-corrected chi connectivity index (χ1v) is 7.92. The Balaban J connectivity index is 1.67. The largest absolute Gasteiger partial charge is 0.320 e. The van der Waals surface area contributed by atoms with Crippen LogP contribution in [0.15, 0.2) is 61.1 Å². The molecule has 26 heavy (non-hydrogen) atoms.